The first kappa shape index (κ1) is 32.3. The number of hydrogen-bond donors (Lipinski definition) is 1. The van der Waals surface area contributed by atoms with Gasteiger partial charge in [0.15, 0.2) is 31.3 Å². The largest absolute Gasteiger partial charge is 0.493 e. The molecule has 0 spiro atoms. The van der Waals surface area contributed by atoms with Gasteiger partial charge in [-0.1, -0.05) is 40.4 Å². The van der Waals surface area contributed by atoms with Crippen molar-refractivity contribution in [3.63, 3.8) is 0 Å². The SMILES string of the molecule is COc1cc2c(cc1OCCCO[Si](C)(C)C(C)(C)C)N(COCC[Si](C)(C)C)C(=O)[C@]1(N)CC(=O)CN1C2=O. The Balaban J connectivity index is 1.88. The van der Waals surface area contributed by atoms with Gasteiger partial charge < -0.3 is 29.3 Å². The Morgan fingerprint density at radius 3 is 2.27 bits per heavy atom. The number of hydrogen-bond acceptors (Lipinski definition) is 8. The number of rotatable bonds is 12. The average molecular weight is 594 g/mol. The third-order valence-corrected chi connectivity index (χ3v) is 14.2. The Morgan fingerprint density at radius 2 is 1.68 bits per heavy atom. The van der Waals surface area contributed by atoms with Crippen LogP contribution in [0.15, 0.2) is 12.1 Å². The number of carbonyl (C=O) groups is 3. The van der Waals surface area contributed by atoms with Gasteiger partial charge in [0.25, 0.3) is 11.8 Å². The van der Waals surface area contributed by atoms with E-state index in [0.717, 1.165) is 10.9 Å². The van der Waals surface area contributed by atoms with Gasteiger partial charge in [0.05, 0.1) is 37.9 Å². The maximum atomic E-state index is 13.8. The van der Waals surface area contributed by atoms with Crippen molar-refractivity contribution in [2.45, 2.75) is 83.1 Å². The highest BCUT2D eigenvalue weighted by atomic mass is 28.4. The van der Waals surface area contributed by atoms with E-state index in [2.05, 4.69) is 53.5 Å². The van der Waals surface area contributed by atoms with Gasteiger partial charge in [-0.2, -0.15) is 0 Å². The number of carbonyl (C=O) groups excluding carboxylic acids is 3. The molecule has 0 aliphatic carbocycles. The highest BCUT2D eigenvalue weighted by Crippen LogP contribution is 2.41. The van der Waals surface area contributed by atoms with E-state index in [9.17, 15) is 14.4 Å². The number of methoxy groups -OCH3 is 1. The topological polar surface area (TPSA) is 121 Å². The number of ether oxygens (including phenoxy) is 3. The molecule has 3 rings (SSSR count). The van der Waals surface area contributed by atoms with E-state index < -0.39 is 33.9 Å². The molecule has 1 aromatic rings. The molecule has 0 bridgehead atoms. The summed E-state index contributed by atoms with van der Waals surface area (Å²) in [6, 6.07) is 4.09. The highest BCUT2D eigenvalue weighted by Gasteiger charge is 2.55. The Hall–Kier alpha value is -2.26. The Bertz CT molecular complexity index is 1130. The number of amides is 2. The van der Waals surface area contributed by atoms with Gasteiger partial charge in [0.1, 0.15) is 6.73 Å². The maximum absolute atomic E-state index is 13.8. The van der Waals surface area contributed by atoms with Crippen molar-refractivity contribution in [3.05, 3.63) is 17.7 Å². The van der Waals surface area contributed by atoms with Gasteiger partial charge in [0, 0.05) is 33.8 Å². The third kappa shape index (κ3) is 6.96. The molecule has 12 heteroatoms. The van der Waals surface area contributed by atoms with Crippen LogP contribution in [0.3, 0.4) is 0 Å². The molecule has 1 aromatic carbocycles. The van der Waals surface area contributed by atoms with Crippen LogP contribution < -0.4 is 20.1 Å². The first-order chi connectivity index (χ1) is 18.4. The molecule has 2 amide bonds. The molecule has 40 heavy (non-hydrogen) atoms. The second-order valence-electron chi connectivity index (χ2n) is 13.4. The van der Waals surface area contributed by atoms with E-state index in [1.54, 1.807) is 12.1 Å². The molecule has 224 valence electrons. The third-order valence-electron chi connectivity index (χ3n) is 7.98. The van der Waals surface area contributed by atoms with Gasteiger partial charge in [-0.25, -0.2) is 0 Å². The molecule has 1 atom stereocenters. The van der Waals surface area contributed by atoms with Gasteiger partial charge in [0.2, 0.25) is 0 Å². The van der Waals surface area contributed by atoms with Crippen molar-refractivity contribution in [2.24, 2.45) is 5.73 Å². The Labute approximate surface area is 240 Å². The van der Waals surface area contributed by atoms with Crippen molar-refractivity contribution in [1.29, 1.82) is 0 Å². The molecule has 2 heterocycles. The van der Waals surface area contributed by atoms with Crippen LogP contribution in [0.5, 0.6) is 11.5 Å². The van der Waals surface area contributed by atoms with Crippen LogP contribution in [-0.4, -0.2) is 84.8 Å². The highest BCUT2D eigenvalue weighted by molar-refractivity contribution is 6.76. The number of nitrogens with two attached hydrogens (primary N) is 1. The van der Waals surface area contributed by atoms with Gasteiger partial charge in [-0.05, 0) is 30.2 Å². The lowest BCUT2D eigenvalue weighted by Crippen LogP contribution is -2.63. The first-order valence-corrected chi connectivity index (χ1v) is 20.5. The number of nitrogens with zero attached hydrogens (tertiary/aromatic N) is 2. The smallest absolute Gasteiger partial charge is 0.270 e. The van der Waals surface area contributed by atoms with Crippen LogP contribution in [0.4, 0.5) is 5.69 Å². The van der Waals surface area contributed by atoms with Crippen LogP contribution in [0.25, 0.3) is 0 Å². The second kappa shape index (κ2) is 11.9. The molecule has 1 fully saturated rings. The number of Topliss-reactive ketones (excluding diaryl/α,β-unsaturated/α-hetero) is 1. The molecule has 2 aliphatic heterocycles. The number of ketones is 1. The van der Waals surface area contributed by atoms with E-state index in [1.165, 1.54) is 12.0 Å². The zero-order chi connectivity index (χ0) is 30.1. The predicted molar refractivity (Wildman–Crippen MR) is 160 cm³/mol. The molecule has 2 N–H and O–H groups in total. The zero-order valence-electron chi connectivity index (χ0n) is 25.6. The standard InChI is InChI=1S/C28H47N3O7Si2/c1-27(2,3)40(8,9)38-12-10-11-37-24-16-22-21(15-23(24)35-4)25(33)31-18-20(32)17-28(31,29)26(34)30(22)19-36-13-14-39(5,6)7/h15-16H,10-14,17-19,29H2,1-9H3/t28-/m0/s1. The van der Waals surface area contributed by atoms with E-state index in [4.69, 9.17) is 24.4 Å². The molecule has 2 aliphatic rings. The van der Waals surface area contributed by atoms with E-state index in [1.807, 2.05) is 0 Å². The first-order valence-electron chi connectivity index (χ1n) is 13.9. The molecule has 0 saturated carbocycles. The van der Waals surface area contributed by atoms with Crippen molar-refractivity contribution < 1.29 is 33.0 Å². The van der Waals surface area contributed by atoms with Crippen molar-refractivity contribution in [1.82, 2.24) is 4.90 Å². The average Bonchev–Trinajstić information content (AvgIpc) is 3.13. The minimum atomic E-state index is -1.87. The summed E-state index contributed by atoms with van der Waals surface area (Å²) < 4.78 is 23.8. The lowest BCUT2D eigenvalue weighted by Gasteiger charge is -2.36. The lowest BCUT2D eigenvalue weighted by atomic mass is 10.1. The van der Waals surface area contributed by atoms with E-state index >= 15 is 0 Å². The molecular formula is C28H47N3O7Si2. The van der Waals surface area contributed by atoms with Crippen LogP contribution in [0.1, 0.15) is 44.0 Å². The minimum absolute atomic E-state index is 0.100. The van der Waals surface area contributed by atoms with Crippen LogP contribution in [0.2, 0.25) is 43.8 Å². The Kier molecular flexibility index (Phi) is 9.62. The summed E-state index contributed by atoms with van der Waals surface area (Å²) in [7, 11) is -1.74. The summed E-state index contributed by atoms with van der Waals surface area (Å²) in [6.45, 7) is 18.8. The summed E-state index contributed by atoms with van der Waals surface area (Å²) >= 11 is 0. The van der Waals surface area contributed by atoms with E-state index in [0.29, 0.717) is 43.4 Å². The fourth-order valence-electron chi connectivity index (χ4n) is 4.37. The summed E-state index contributed by atoms with van der Waals surface area (Å²) in [5.41, 5.74) is 5.24. The van der Waals surface area contributed by atoms with Crippen LogP contribution >= 0.6 is 0 Å². The molecular weight excluding hydrogens is 546 g/mol. The quantitative estimate of drug-likeness (QED) is 0.283. The van der Waals surface area contributed by atoms with Crippen molar-refractivity contribution >= 4 is 39.7 Å². The maximum Gasteiger partial charge on any atom is 0.270 e. The van der Waals surface area contributed by atoms with Gasteiger partial charge in [-0.3, -0.25) is 19.3 Å². The van der Waals surface area contributed by atoms with Crippen molar-refractivity contribution in [3.8, 4) is 11.5 Å². The summed E-state index contributed by atoms with van der Waals surface area (Å²) in [4.78, 5) is 42.4. The lowest BCUT2D eigenvalue weighted by molar-refractivity contribution is -0.129. The monoisotopic (exact) mass is 593 g/mol. The number of benzene rings is 1. The molecule has 1 saturated heterocycles. The predicted octanol–water partition coefficient (Wildman–Crippen LogP) is 4.21. The fraction of sp³-hybridized carbons (Fsp3) is 0.679. The number of fused-ring (bicyclic) bond motifs is 2. The fourth-order valence-corrected chi connectivity index (χ4v) is 6.21. The molecule has 0 aromatic heterocycles. The van der Waals surface area contributed by atoms with E-state index in [-0.39, 0.29) is 36.1 Å². The molecule has 10 nitrogen and oxygen atoms in total. The summed E-state index contributed by atoms with van der Waals surface area (Å²) in [5, 5.41) is 0.118. The normalized spacial score (nSPS) is 20.0. The minimum Gasteiger partial charge on any atom is -0.493 e. The zero-order valence-corrected chi connectivity index (χ0v) is 27.6. The molecule has 0 radical (unpaired) electrons. The van der Waals surface area contributed by atoms with Gasteiger partial charge >= 0.3 is 0 Å². The van der Waals surface area contributed by atoms with Crippen LogP contribution in [0, 0.1) is 0 Å². The number of anilines is 1. The molecule has 0 unspecified atom stereocenters. The van der Waals surface area contributed by atoms with Crippen molar-refractivity contribution in [2.75, 3.05) is 45.1 Å². The summed E-state index contributed by atoms with van der Waals surface area (Å²) in [6.07, 6.45) is 0.418. The second-order valence-corrected chi connectivity index (χ2v) is 23.9. The Morgan fingerprint density at radius 1 is 1.00 bits per heavy atom. The van der Waals surface area contributed by atoms with Crippen LogP contribution in [-0.2, 0) is 18.8 Å². The van der Waals surface area contributed by atoms with Gasteiger partial charge in [-0.15, -0.1) is 0 Å². The summed E-state index contributed by atoms with van der Waals surface area (Å²) in [5.74, 6) is -0.588.